The second-order valence-electron chi connectivity index (χ2n) is 5.25. The van der Waals surface area contributed by atoms with Crippen LogP contribution in [0.3, 0.4) is 0 Å². The van der Waals surface area contributed by atoms with Crippen LogP contribution in [0, 0.1) is 5.92 Å². The SMILES string of the molecule is CCN(C(=O)C1CC2CCC1N2)C1CC1. The molecular formula is C12H20N2O. The Morgan fingerprint density at radius 1 is 1.33 bits per heavy atom. The van der Waals surface area contributed by atoms with Crippen LogP contribution >= 0.6 is 0 Å². The molecule has 1 aliphatic carbocycles. The van der Waals surface area contributed by atoms with E-state index in [1.165, 1.54) is 25.7 Å². The lowest BCUT2D eigenvalue weighted by Gasteiger charge is -2.27. The molecular weight excluding hydrogens is 188 g/mol. The highest BCUT2D eigenvalue weighted by molar-refractivity contribution is 5.81. The lowest BCUT2D eigenvalue weighted by Crippen LogP contribution is -2.42. The van der Waals surface area contributed by atoms with E-state index in [-0.39, 0.29) is 0 Å². The summed E-state index contributed by atoms with van der Waals surface area (Å²) in [6, 6.07) is 1.72. The van der Waals surface area contributed by atoms with Crippen LogP contribution < -0.4 is 5.32 Å². The fourth-order valence-corrected chi connectivity index (χ4v) is 3.29. The first-order valence-electron chi connectivity index (χ1n) is 6.36. The molecule has 0 aromatic rings. The van der Waals surface area contributed by atoms with Crippen molar-refractivity contribution >= 4 is 5.91 Å². The van der Waals surface area contributed by atoms with Crippen molar-refractivity contribution in [3.05, 3.63) is 0 Å². The van der Waals surface area contributed by atoms with Crippen LogP contribution in [0.4, 0.5) is 0 Å². The van der Waals surface area contributed by atoms with Crippen molar-refractivity contribution in [2.24, 2.45) is 5.92 Å². The largest absolute Gasteiger partial charge is 0.340 e. The number of fused-ring (bicyclic) bond motifs is 2. The minimum Gasteiger partial charge on any atom is -0.340 e. The Labute approximate surface area is 91.2 Å². The molecule has 3 aliphatic rings. The molecule has 1 saturated carbocycles. The van der Waals surface area contributed by atoms with Crippen LogP contribution in [0.5, 0.6) is 0 Å². The van der Waals surface area contributed by atoms with Crippen LogP contribution in [0.25, 0.3) is 0 Å². The monoisotopic (exact) mass is 208 g/mol. The van der Waals surface area contributed by atoms with Gasteiger partial charge in [-0.3, -0.25) is 4.79 Å². The van der Waals surface area contributed by atoms with Crippen molar-refractivity contribution in [1.29, 1.82) is 0 Å². The molecule has 1 N–H and O–H groups in total. The third-order valence-corrected chi connectivity index (χ3v) is 4.23. The van der Waals surface area contributed by atoms with Crippen molar-refractivity contribution in [3.8, 4) is 0 Å². The highest BCUT2D eigenvalue weighted by Crippen LogP contribution is 2.36. The van der Waals surface area contributed by atoms with Crippen LogP contribution in [0.1, 0.15) is 39.0 Å². The van der Waals surface area contributed by atoms with Gasteiger partial charge >= 0.3 is 0 Å². The summed E-state index contributed by atoms with van der Waals surface area (Å²) in [7, 11) is 0. The second-order valence-corrected chi connectivity index (χ2v) is 5.25. The van der Waals surface area contributed by atoms with Crippen molar-refractivity contribution in [2.45, 2.75) is 57.2 Å². The number of carbonyl (C=O) groups is 1. The van der Waals surface area contributed by atoms with E-state index in [1.807, 2.05) is 0 Å². The molecule has 1 amide bonds. The molecule has 2 saturated heterocycles. The fourth-order valence-electron chi connectivity index (χ4n) is 3.29. The quantitative estimate of drug-likeness (QED) is 0.754. The molecule has 84 valence electrons. The van der Waals surface area contributed by atoms with Gasteiger partial charge in [0.15, 0.2) is 0 Å². The molecule has 3 fully saturated rings. The highest BCUT2D eigenvalue weighted by Gasteiger charge is 2.45. The summed E-state index contributed by atoms with van der Waals surface area (Å²) in [4.78, 5) is 14.5. The van der Waals surface area contributed by atoms with Gasteiger partial charge in [-0.05, 0) is 39.0 Å². The van der Waals surface area contributed by atoms with Crippen LogP contribution in [0.15, 0.2) is 0 Å². The molecule has 0 aromatic heterocycles. The van der Waals surface area contributed by atoms with Gasteiger partial charge in [0.1, 0.15) is 0 Å². The van der Waals surface area contributed by atoms with Gasteiger partial charge in [0, 0.05) is 24.7 Å². The van der Waals surface area contributed by atoms with Gasteiger partial charge in [0.05, 0.1) is 5.92 Å². The van der Waals surface area contributed by atoms with Gasteiger partial charge in [0.2, 0.25) is 5.91 Å². The summed E-state index contributed by atoms with van der Waals surface area (Å²) in [6.45, 7) is 3.01. The van der Waals surface area contributed by atoms with Crippen LogP contribution in [-0.4, -0.2) is 35.5 Å². The van der Waals surface area contributed by atoms with Gasteiger partial charge in [-0.2, -0.15) is 0 Å². The Morgan fingerprint density at radius 3 is 2.60 bits per heavy atom. The average Bonchev–Trinajstić information content (AvgIpc) is 2.86. The van der Waals surface area contributed by atoms with Crippen molar-refractivity contribution in [2.75, 3.05) is 6.54 Å². The molecule has 2 bridgehead atoms. The Morgan fingerprint density at radius 2 is 2.13 bits per heavy atom. The smallest absolute Gasteiger partial charge is 0.227 e. The molecule has 15 heavy (non-hydrogen) atoms. The number of carbonyl (C=O) groups excluding carboxylic acids is 1. The third kappa shape index (κ3) is 1.57. The number of amides is 1. The van der Waals surface area contributed by atoms with Gasteiger partial charge in [-0.25, -0.2) is 0 Å². The summed E-state index contributed by atoms with van der Waals surface area (Å²) >= 11 is 0. The molecule has 3 rings (SSSR count). The molecule has 0 spiro atoms. The lowest BCUT2D eigenvalue weighted by molar-refractivity contribution is -0.136. The highest BCUT2D eigenvalue weighted by atomic mass is 16.2. The molecule has 3 nitrogen and oxygen atoms in total. The van der Waals surface area contributed by atoms with E-state index in [4.69, 9.17) is 0 Å². The van der Waals surface area contributed by atoms with E-state index in [0.29, 0.717) is 30.0 Å². The fraction of sp³-hybridized carbons (Fsp3) is 0.917. The molecule has 0 aromatic carbocycles. The first kappa shape index (κ1) is 9.64. The minimum absolute atomic E-state index is 0.296. The molecule has 3 unspecified atom stereocenters. The predicted molar refractivity (Wildman–Crippen MR) is 58.5 cm³/mol. The van der Waals surface area contributed by atoms with Gasteiger partial charge in [0.25, 0.3) is 0 Å². The maximum Gasteiger partial charge on any atom is 0.227 e. The first-order valence-corrected chi connectivity index (χ1v) is 6.36. The maximum absolute atomic E-state index is 12.3. The first-order chi connectivity index (χ1) is 7.29. The summed E-state index contributed by atoms with van der Waals surface area (Å²) < 4.78 is 0. The van der Waals surface area contributed by atoms with Gasteiger partial charge in [-0.1, -0.05) is 0 Å². The zero-order chi connectivity index (χ0) is 10.4. The van der Waals surface area contributed by atoms with E-state index >= 15 is 0 Å². The summed E-state index contributed by atoms with van der Waals surface area (Å²) in [5.74, 6) is 0.726. The van der Waals surface area contributed by atoms with Gasteiger partial charge in [-0.15, -0.1) is 0 Å². The molecule has 2 heterocycles. The number of nitrogens with one attached hydrogen (secondary N) is 1. The molecule has 2 aliphatic heterocycles. The Bertz CT molecular complexity index is 275. The lowest BCUT2D eigenvalue weighted by atomic mass is 9.88. The second kappa shape index (κ2) is 3.48. The maximum atomic E-state index is 12.3. The Kier molecular flexibility index (Phi) is 2.23. The number of hydrogen-bond acceptors (Lipinski definition) is 2. The zero-order valence-corrected chi connectivity index (χ0v) is 9.41. The zero-order valence-electron chi connectivity index (χ0n) is 9.41. The topological polar surface area (TPSA) is 32.3 Å². The van der Waals surface area contributed by atoms with E-state index in [2.05, 4.69) is 17.1 Å². The van der Waals surface area contributed by atoms with Crippen molar-refractivity contribution < 1.29 is 4.79 Å². The van der Waals surface area contributed by atoms with E-state index in [1.54, 1.807) is 0 Å². The summed E-state index contributed by atoms with van der Waals surface area (Å²) in [5, 5.41) is 3.55. The normalized spacial score (nSPS) is 38.3. The summed E-state index contributed by atoms with van der Waals surface area (Å²) in [6.07, 6.45) is 6.04. The van der Waals surface area contributed by atoms with Crippen molar-refractivity contribution in [3.63, 3.8) is 0 Å². The standard InChI is InChI=1S/C12H20N2O/c1-2-14(9-4-5-9)12(15)10-7-8-3-6-11(10)13-8/h8-11,13H,2-7H2,1H3. The molecule has 0 radical (unpaired) electrons. The molecule has 3 atom stereocenters. The van der Waals surface area contributed by atoms with Crippen LogP contribution in [0.2, 0.25) is 0 Å². The predicted octanol–water partition coefficient (Wildman–Crippen LogP) is 1.14. The van der Waals surface area contributed by atoms with E-state index in [0.717, 1.165) is 13.0 Å². The minimum atomic E-state index is 0.296. The number of nitrogens with zero attached hydrogens (tertiary/aromatic N) is 1. The van der Waals surface area contributed by atoms with E-state index < -0.39 is 0 Å². The Hall–Kier alpha value is -0.570. The van der Waals surface area contributed by atoms with Gasteiger partial charge < -0.3 is 10.2 Å². The number of rotatable bonds is 3. The average molecular weight is 208 g/mol. The van der Waals surface area contributed by atoms with E-state index in [9.17, 15) is 4.79 Å². The third-order valence-electron chi connectivity index (χ3n) is 4.23. The summed E-state index contributed by atoms with van der Waals surface area (Å²) in [5.41, 5.74) is 0. The van der Waals surface area contributed by atoms with Crippen molar-refractivity contribution in [1.82, 2.24) is 10.2 Å². The van der Waals surface area contributed by atoms with Crippen LogP contribution in [-0.2, 0) is 4.79 Å². The Balaban J connectivity index is 1.68. The number of hydrogen-bond donors (Lipinski definition) is 1. The molecule has 3 heteroatoms.